The number of carboxylic acid groups (broad SMARTS) is 1. The molecule has 0 aromatic heterocycles. The fourth-order valence-electron chi connectivity index (χ4n) is 3.31. The highest BCUT2D eigenvalue weighted by molar-refractivity contribution is 5.87. The highest BCUT2D eigenvalue weighted by Crippen LogP contribution is 2.30. The lowest BCUT2D eigenvalue weighted by molar-refractivity contribution is -0.157. The summed E-state index contributed by atoms with van der Waals surface area (Å²) >= 11 is 0. The monoisotopic (exact) mass is 282 g/mol. The van der Waals surface area contributed by atoms with Crippen LogP contribution in [0.4, 0.5) is 0 Å². The second-order valence-electron chi connectivity index (χ2n) is 5.90. The maximum Gasteiger partial charge on any atom is 0.308 e. The molecule has 2 fully saturated rings. The van der Waals surface area contributed by atoms with E-state index in [4.69, 9.17) is 0 Å². The Kier molecular flexibility index (Phi) is 4.30. The summed E-state index contributed by atoms with van der Waals surface area (Å²) in [5, 5.41) is 9.30. The fourth-order valence-corrected chi connectivity index (χ4v) is 3.31. The van der Waals surface area contributed by atoms with Crippen molar-refractivity contribution < 1.29 is 19.5 Å². The molecule has 0 aliphatic carbocycles. The molecule has 0 bridgehead atoms. The lowest BCUT2D eigenvalue weighted by Gasteiger charge is -2.40. The quantitative estimate of drug-likeness (QED) is 0.820. The van der Waals surface area contributed by atoms with E-state index in [-0.39, 0.29) is 30.7 Å². The number of rotatable bonds is 3. The van der Waals surface area contributed by atoms with E-state index in [1.165, 1.54) is 4.90 Å². The molecule has 0 saturated carbocycles. The molecule has 2 amide bonds. The average molecular weight is 282 g/mol. The molecule has 2 aliphatic heterocycles. The Bertz CT molecular complexity index is 417. The number of hydrogen-bond donors (Lipinski definition) is 1. The Hall–Kier alpha value is -1.59. The largest absolute Gasteiger partial charge is 0.481 e. The third-order valence-electron chi connectivity index (χ3n) is 4.49. The predicted octanol–water partition coefficient (Wildman–Crippen LogP) is 0.567. The van der Waals surface area contributed by atoms with Crippen LogP contribution in [0.2, 0.25) is 0 Å². The Balaban J connectivity index is 2.06. The van der Waals surface area contributed by atoms with Gasteiger partial charge in [-0.2, -0.15) is 0 Å². The molecule has 3 unspecified atom stereocenters. The van der Waals surface area contributed by atoms with E-state index in [2.05, 4.69) is 0 Å². The third-order valence-corrected chi connectivity index (χ3v) is 4.49. The van der Waals surface area contributed by atoms with Crippen molar-refractivity contribution in [3.05, 3.63) is 0 Å². The van der Waals surface area contributed by atoms with E-state index in [1.54, 1.807) is 18.7 Å². The summed E-state index contributed by atoms with van der Waals surface area (Å²) in [6.45, 7) is 5.01. The van der Waals surface area contributed by atoms with Crippen LogP contribution in [0.15, 0.2) is 0 Å². The molecule has 6 nitrogen and oxygen atoms in total. The second-order valence-corrected chi connectivity index (χ2v) is 5.90. The zero-order chi connectivity index (χ0) is 14.9. The van der Waals surface area contributed by atoms with Gasteiger partial charge in [0.15, 0.2) is 0 Å². The number of carboxylic acids is 1. The van der Waals surface area contributed by atoms with Crippen LogP contribution in [-0.2, 0) is 14.4 Å². The Morgan fingerprint density at radius 3 is 2.40 bits per heavy atom. The van der Waals surface area contributed by atoms with Gasteiger partial charge in [0.25, 0.3) is 0 Å². The first kappa shape index (κ1) is 14.8. The van der Waals surface area contributed by atoms with Crippen LogP contribution in [0, 0.1) is 11.8 Å². The predicted molar refractivity (Wildman–Crippen MR) is 71.9 cm³/mol. The van der Waals surface area contributed by atoms with Gasteiger partial charge in [0.05, 0.1) is 5.92 Å². The zero-order valence-electron chi connectivity index (χ0n) is 12.0. The lowest BCUT2D eigenvalue weighted by Crippen LogP contribution is -2.55. The van der Waals surface area contributed by atoms with Crippen LogP contribution in [0.3, 0.4) is 0 Å². The van der Waals surface area contributed by atoms with E-state index >= 15 is 0 Å². The van der Waals surface area contributed by atoms with Crippen molar-refractivity contribution in [2.75, 3.05) is 19.6 Å². The van der Waals surface area contributed by atoms with Crippen LogP contribution in [0.5, 0.6) is 0 Å². The minimum absolute atomic E-state index is 0.0104. The van der Waals surface area contributed by atoms with E-state index < -0.39 is 17.9 Å². The first-order valence-electron chi connectivity index (χ1n) is 7.22. The SMILES string of the molecule is CC1CC(=O)N(CC(=O)N2CCCC2)C(C)C1C(=O)O. The number of aliphatic carboxylic acids is 1. The Labute approximate surface area is 118 Å². The molecule has 0 aromatic rings. The Morgan fingerprint density at radius 1 is 1.25 bits per heavy atom. The first-order chi connectivity index (χ1) is 9.41. The minimum atomic E-state index is -0.892. The molecular formula is C14H22N2O4. The molecule has 3 atom stereocenters. The smallest absolute Gasteiger partial charge is 0.308 e. The van der Waals surface area contributed by atoms with Crippen LogP contribution >= 0.6 is 0 Å². The summed E-state index contributed by atoms with van der Waals surface area (Å²) < 4.78 is 0. The standard InChI is InChI=1S/C14H22N2O4/c1-9-7-11(17)16(10(2)13(9)14(19)20)8-12(18)15-5-3-4-6-15/h9-10,13H,3-8H2,1-2H3,(H,19,20). The molecule has 2 saturated heterocycles. The van der Waals surface area contributed by atoms with Crippen molar-refractivity contribution in [1.82, 2.24) is 9.80 Å². The maximum atomic E-state index is 12.1. The van der Waals surface area contributed by atoms with Gasteiger partial charge in [-0.1, -0.05) is 6.92 Å². The van der Waals surface area contributed by atoms with Crippen molar-refractivity contribution in [1.29, 1.82) is 0 Å². The molecule has 0 aromatic carbocycles. The lowest BCUT2D eigenvalue weighted by atomic mass is 9.81. The molecule has 2 aliphatic rings. The molecule has 2 rings (SSSR count). The summed E-state index contributed by atoms with van der Waals surface area (Å²) in [7, 11) is 0. The first-order valence-corrected chi connectivity index (χ1v) is 7.22. The van der Waals surface area contributed by atoms with Crippen molar-refractivity contribution in [3.8, 4) is 0 Å². The number of carbonyl (C=O) groups excluding carboxylic acids is 2. The van der Waals surface area contributed by atoms with Gasteiger partial charge in [0, 0.05) is 25.6 Å². The number of piperidine rings is 1. The molecule has 6 heteroatoms. The van der Waals surface area contributed by atoms with Gasteiger partial charge in [0.1, 0.15) is 6.54 Å². The van der Waals surface area contributed by atoms with Crippen LogP contribution in [0.1, 0.15) is 33.1 Å². The zero-order valence-corrected chi connectivity index (χ0v) is 12.0. The number of likely N-dealkylation sites (tertiary alicyclic amines) is 2. The summed E-state index contributed by atoms with van der Waals surface area (Å²) in [5.41, 5.74) is 0. The number of nitrogens with zero attached hydrogens (tertiary/aromatic N) is 2. The van der Waals surface area contributed by atoms with E-state index in [0.717, 1.165) is 25.9 Å². The molecule has 20 heavy (non-hydrogen) atoms. The molecule has 112 valence electrons. The summed E-state index contributed by atoms with van der Waals surface area (Å²) in [5.74, 6) is -1.86. The van der Waals surface area contributed by atoms with Crippen molar-refractivity contribution in [3.63, 3.8) is 0 Å². The van der Waals surface area contributed by atoms with E-state index in [0.29, 0.717) is 0 Å². The van der Waals surface area contributed by atoms with Crippen molar-refractivity contribution in [2.45, 2.75) is 39.2 Å². The highest BCUT2D eigenvalue weighted by atomic mass is 16.4. The fraction of sp³-hybridized carbons (Fsp3) is 0.786. The number of amides is 2. The second kappa shape index (κ2) is 5.81. The minimum Gasteiger partial charge on any atom is -0.481 e. The summed E-state index contributed by atoms with van der Waals surface area (Å²) in [6, 6.07) is -0.435. The number of hydrogen-bond acceptors (Lipinski definition) is 3. The molecule has 0 spiro atoms. The van der Waals surface area contributed by atoms with Gasteiger partial charge in [-0.3, -0.25) is 14.4 Å². The van der Waals surface area contributed by atoms with Crippen LogP contribution in [0.25, 0.3) is 0 Å². The summed E-state index contributed by atoms with van der Waals surface area (Å²) in [6.07, 6.45) is 2.21. The molecular weight excluding hydrogens is 260 g/mol. The van der Waals surface area contributed by atoms with Crippen molar-refractivity contribution >= 4 is 17.8 Å². The average Bonchev–Trinajstić information content (AvgIpc) is 2.87. The van der Waals surface area contributed by atoms with Crippen molar-refractivity contribution in [2.24, 2.45) is 11.8 Å². The van der Waals surface area contributed by atoms with Gasteiger partial charge < -0.3 is 14.9 Å². The highest BCUT2D eigenvalue weighted by Gasteiger charge is 2.42. The van der Waals surface area contributed by atoms with Gasteiger partial charge in [0.2, 0.25) is 11.8 Å². The van der Waals surface area contributed by atoms with Gasteiger partial charge in [-0.15, -0.1) is 0 Å². The Morgan fingerprint density at radius 2 is 1.85 bits per heavy atom. The summed E-state index contributed by atoms with van der Waals surface area (Å²) in [4.78, 5) is 38.8. The van der Waals surface area contributed by atoms with Crippen LogP contribution < -0.4 is 0 Å². The van der Waals surface area contributed by atoms with Gasteiger partial charge in [-0.05, 0) is 25.7 Å². The molecule has 2 heterocycles. The van der Waals surface area contributed by atoms with E-state index in [9.17, 15) is 19.5 Å². The topological polar surface area (TPSA) is 77.9 Å². The molecule has 1 N–H and O–H groups in total. The third kappa shape index (κ3) is 2.78. The number of carbonyl (C=O) groups is 3. The van der Waals surface area contributed by atoms with Gasteiger partial charge >= 0.3 is 5.97 Å². The maximum absolute atomic E-state index is 12.1. The van der Waals surface area contributed by atoms with Crippen LogP contribution in [-0.4, -0.2) is 58.4 Å². The van der Waals surface area contributed by atoms with Gasteiger partial charge in [-0.25, -0.2) is 0 Å². The normalized spacial score (nSPS) is 30.7. The molecule has 0 radical (unpaired) electrons. The van der Waals surface area contributed by atoms with E-state index in [1.807, 2.05) is 0 Å².